The Balaban J connectivity index is 3.47. The van der Waals surface area contributed by atoms with Gasteiger partial charge in [-0.2, -0.15) is 0 Å². The summed E-state index contributed by atoms with van der Waals surface area (Å²) in [5.74, 6) is 0.868. The summed E-state index contributed by atoms with van der Waals surface area (Å²) in [6.07, 6.45) is 11.2. The first-order chi connectivity index (χ1) is 9.06. The second kappa shape index (κ2) is 12.3. The second-order valence-electron chi connectivity index (χ2n) is 5.91. The van der Waals surface area contributed by atoms with Crippen LogP contribution >= 0.6 is 0 Å². The molecule has 0 saturated carbocycles. The van der Waals surface area contributed by atoms with E-state index in [-0.39, 0.29) is 5.91 Å². The molecule has 1 unspecified atom stereocenters. The third-order valence-electron chi connectivity index (χ3n) is 3.43. The van der Waals surface area contributed by atoms with Crippen LogP contribution < -0.4 is 5.32 Å². The lowest BCUT2D eigenvalue weighted by Gasteiger charge is -2.10. The number of carbonyl (C=O) groups excluding carboxylic acids is 1. The lowest BCUT2D eigenvalue weighted by molar-refractivity contribution is -0.121. The van der Waals surface area contributed by atoms with Crippen LogP contribution in [0.1, 0.15) is 79.1 Å². The number of hydrogen-bond acceptors (Lipinski definition) is 1. The molecule has 0 bridgehead atoms. The van der Waals surface area contributed by atoms with Gasteiger partial charge in [-0.3, -0.25) is 4.79 Å². The zero-order chi connectivity index (χ0) is 14.5. The zero-order valence-corrected chi connectivity index (χ0v) is 13.4. The summed E-state index contributed by atoms with van der Waals surface area (Å²) in [4.78, 5) is 11.6. The van der Waals surface area contributed by atoms with Crippen LogP contribution in [-0.2, 0) is 4.79 Å². The van der Waals surface area contributed by atoms with Crippen LogP contribution in [0, 0.1) is 5.92 Å². The van der Waals surface area contributed by atoms with Crippen LogP contribution in [0.2, 0.25) is 0 Å². The van der Waals surface area contributed by atoms with Gasteiger partial charge in [0.25, 0.3) is 0 Å². The minimum absolute atomic E-state index is 0.227. The summed E-state index contributed by atoms with van der Waals surface area (Å²) in [5, 5.41) is 3.02. The quantitative estimate of drug-likeness (QED) is 0.421. The number of carbonyl (C=O) groups is 1. The molecular formula is C17H33NO. The molecule has 1 atom stereocenters. The van der Waals surface area contributed by atoms with E-state index in [9.17, 15) is 4.79 Å². The first-order valence-corrected chi connectivity index (χ1v) is 7.96. The Morgan fingerprint density at radius 3 is 2.53 bits per heavy atom. The van der Waals surface area contributed by atoms with Crippen molar-refractivity contribution < 1.29 is 4.79 Å². The molecule has 112 valence electrons. The molecule has 0 aliphatic heterocycles. The Morgan fingerprint density at radius 1 is 1.16 bits per heavy atom. The van der Waals surface area contributed by atoms with E-state index < -0.39 is 0 Å². The van der Waals surface area contributed by atoms with E-state index in [4.69, 9.17) is 0 Å². The van der Waals surface area contributed by atoms with Crippen molar-refractivity contribution in [2.75, 3.05) is 6.54 Å². The third kappa shape index (κ3) is 13.4. The summed E-state index contributed by atoms with van der Waals surface area (Å²) < 4.78 is 0. The van der Waals surface area contributed by atoms with Gasteiger partial charge in [0.05, 0.1) is 0 Å². The standard InChI is InChI=1S/C17H33NO/c1-5-6-7-8-14-18-17(19)13-12-16(4)11-9-10-15(2)3/h10,16H,5-9,11-14H2,1-4H3,(H,18,19). The minimum atomic E-state index is 0.227. The zero-order valence-electron chi connectivity index (χ0n) is 13.4. The highest BCUT2D eigenvalue weighted by molar-refractivity contribution is 5.75. The molecule has 2 nitrogen and oxygen atoms in total. The number of nitrogens with one attached hydrogen (secondary N) is 1. The van der Waals surface area contributed by atoms with Gasteiger partial charge < -0.3 is 5.32 Å². The Morgan fingerprint density at radius 2 is 1.89 bits per heavy atom. The van der Waals surface area contributed by atoms with Crippen molar-refractivity contribution in [1.29, 1.82) is 0 Å². The fraction of sp³-hybridized carbons (Fsp3) is 0.824. The molecule has 1 N–H and O–H groups in total. The number of amides is 1. The first-order valence-electron chi connectivity index (χ1n) is 7.96. The van der Waals surface area contributed by atoms with Crippen LogP contribution in [0.25, 0.3) is 0 Å². The van der Waals surface area contributed by atoms with Gasteiger partial charge in [0, 0.05) is 13.0 Å². The van der Waals surface area contributed by atoms with Gasteiger partial charge in [0.1, 0.15) is 0 Å². The van der Waals surface area contributed by atoms with Crippen molar-refractivity contribution in [3.8, 4) is 0 Å². The van der Waals surface area contributed by atoms with Gasteiger partial charge in [0.15, 0.2) is 0 Å². The predicted molar refractivity (Wildman–Crippen MR) is 84.2 cm³/mol. The van der Waals surface area contributed by atoms with Gasteiger partial charge in [-0.25, -0.2) is 0 Å². The highest BCUT2D eigenvalue weighted by Gasteiger charge is 2.05. The molecule has 19 heavy (non-hydrogen) atoms. The average molecular weight is 267 g/mol. The van der Waals surface area contributed by atoms with Crippen molar-refractivity contribution in [3.63, 3.8) is 0 Å². The molecule has 0 aliphatic carbocycles. The van der Waals surface area contributed by atoms with E-state index in [2.05, 4.69) is 39.1 Å². The van der Waals surface area contributed by atoms with E-state index in [1.165, 1.54) is 31.3 Å². The smallest absolute Gasteiger partial charge is 0.220 e. The van der Waals surface area contributed by atoms with E-state index in [1.807, 2.05) is 0 Å². The van der Waals surface area contributed by atoms with Gasteiger partial charge in [-0.15, -0.1) is 0 Å². The van der Waals surface area contributed by atoms with Crippen LogP contribution in [0.4, 0.5) is 0 Å². The fourth-order valence-electron chi connectivity index (χ4n) is 2.05. The predicted octanol–water partition coefficient (Wildman–Crippen LogP) is 4.85. The second-order valence-corrected chi connectivity index (χ2v) is 5.91. The number of unbranched alkanes of at least 4 members (excludes halogenated alkanes) is 3. The van der Waals surface area contributed by atoms with Crippen molar-refractivity contribution in [3.05, 3.63) is 11.6 Å². The summed E-state index contributed by atoms with van der Waals surface area (Å²) in [7, 11) is 0. The molecule has 0 saturated heterocycles. The Hall–Kier alpha value is -0.790. The van der Waals surface area contributed by atoms with E-state index in [1.54, 1.807) is 0 Å². The van der Waals surface area contributed by atoms with Crippen LogP contribution in [0.5, 0.6) is 0 Å². The number of allylic oxidation sites excluding steroid dienone is 2. The molecule has 0 heterocycles. The Labute approximate surface area is 120 Å². The van der Waals surface area contributed by atoms with Gasteiger partial charge in [-0.1, -0.05) is 44.8 Å². The molecule has 0 fully saturated rings. The summed E-state index contributed by atoms with van der Waals surface area (Å²) >= 11 is 0. The first kappa shape index (κ1) is 18.2. The summed E-state index contributed by atoms with van der Waals surface area (Å²) in [6, 6.07) is 0. The summed E-state index contributed by atoms with van der Waals surface area (Å²) in [5.41, 5.74) is 1.39. The van der Waals surface area contributed by atoms with Crippen molar-refractivity contribution in [2.24, 2.45) is 5.92 Å². The van der Waals surface area contributed by atoms with E-state index in [0.717, 1.165) is 25.8 Å². The van der Waals surface area contributed by atoms with Gasteiger partial charge in [0.2, 0.25) is 5.91 Å². The topological polar surface area (TPSA) is 29.1 Å². The third-order valence-corrected chi connectivity index (χ3v) is 3.43. The van der Waals surface area contributed by atoms with Crippen LogP contribution in [0.3, 0.4) is 0 Å². The lowest BCUT2D eigenvalue weighted by atomic mass is 9.99. The largest absolute Gasteiger partial charge is 0.356 e. The Kier molecular flexibility index (Phi) is 11.7. The molecule has 1 amide bonds. The van der Waals surface area contributed by atoms with Crippen LogP contribution in [-0.4, -0.2) is 12.5 Å². The molecule has 0 spiro atoms. The van der Waals surface area contributed by atoms with Gasteiger partial charge >= 0.3 is 0 Å². The normalized spacial score (nSPS) is 12.0. The molecule has 0 aliphatic rings. The van der Waals surface area contributed by atoms with Crippen molar-refractivity contribution >= 4 is 5.91 Å². The van der Waals surface area contributed by atoms with Crippen LogP contribution in [0.15, 0.2) is 11.6 Å². The van der Waals surface area contributed by atoms with E-state index in [0.29, 0.717) is 12.3 Å². The monoisotopic (exact) mass is 267 g/mol. The average Bonchev–Trinajstić information content (AvgIpc) is 2.35. The van der Waals surface area contributed by atoms with Crippen molar-refractivity contribution in [1.82, 2.24) is 5.32 Å². The molecular weight excluding hydrogens is 234 g/mol. The molecule has 0 aromatic rings. The molecule has 0 aromatic heterocycles. The lowest BCUT2D eigenvalue weighted by Crippen LogP contribution is -2.24. The number of rotatable bonds is 11. The Bertz CT molecular complexity index is 254. The maximum absolute atomic E-state index is 11.6. The maximum atomic E-state index is 11.6. The highest BCUT2D eigenvalue weighted by Crippen LogP contribution is 2.13. The molecule has 2 heteroatoms. The minimum Gasteiger partial charge on any atom is -0.356 e. The van der Waals surface area contributed by atoms with E-state index >= 15 is 0 Å². The maximum Gasteiger partial charge on any atom is 0.220 e. The fourth-order valence-corrected chi connectivity index (χ4v) is 2.05. The molecule has 0 radical (unpaired) electrons. The SMILES string of the molecule is CCCCCCNC(=O)CCC(C)CCC=C(C)C. The molecule has 0 rings (SSSR count). The highest BCUT2D eigenvalue weighted by atomic mass is 16.1. The number of hydrogen-bond donors (Lipinski definition) is 1. The van der Waals surface area contributed by atoms with Gasteiger partial charge in [-0.05, 0) is 45.4 Å². The molecule has 0 aromatic carbocycles. The van der Waals surface area contributed by atoms with Crippen molar-refractivity contribution in [2.45, 2.75) is 79.1 Å². The summed E-state index contributed by atoms with van der Waals surface area (Å²) in [6.45, 7) is 9.57.